The van der Waals surface area contributed by atoms with E-state index in [0.29, 0.717) is 6.42 Å². The standard InChI is InChI=1S/C23H27NO3S2/c1-4-19(22-12-9-15-28-22)14-13-17(2)29(26,27)24-23(18(3)25)16-21(23)20-10-7-5-6-8-11-20/h5-7,9-15,21,24H,4,8,16H2,1-3H3/b17-13+,19-14+. The van der Waals surface area contributed by atoms with Crippen molar-refractivity contribution in [3.8, 4) is 0 Å². The van der Waals surface area contributed by atoms with E-state index in [0.717, 1.165) is 28.9 Å². The first-order valence-corrected chi connectivity index (χ1v) is 12.2. The van der Waals surface area contributed by atoms with Gasteiger partial charge in [-0.2, -0.15) is 4.72 Å². The zero-order valence-corrected chi connectivity index (χ0v) is 18.6. The van der Waals surface area contributed by atoms with Crippen LogP contribution in [0.1, 0.15) is 44.9 Å². The Hall–Kier alpha value is -2.02. The van der Waals surface area contributed by atoms with Gasteiger partial charge in [0.25, 0.3) is 0 Å². The molecule has 0 aromatic carbocycles. The highest BCUT2D eigenvalue weighted by Gasteiger charge is 2.61. The Kier molecular flexibility index (Phi) is 6.56. The maximum absolute atomic E-state index is 13.0. The molecule has 2 unspecified atom stereocenters. The van der Waals surface area contributed by atoms with Gasteiger partial charge in [-0.1, -0.05) is 49.4 Å². The van der Waals surface area contributed by atoms with E-state index in [-0.39, 0.29) is 16.6 Å². The number of hydrogen-bond donors (Lipinski definition) is 1. The third-order valence-corrected chi connectivity index (χ3v) is 8.06. The summed E-state index contributed by atoms with van der Waals surface area (Å²) in [6.07, 6.45) is 15.5. The topological polar surface area (TPSA) is 63.2 Å². The molecule has 1 aromatic rings. The number of carbonyl (C=O) groups excluding carboxylic acids is 1. The van der Waals surface area contributed by atoms with Crippen molar-refractivity contribution < 1.29 is 13.2 Å². The first-order valence-electron chi connectivity index (χ1n) is 9.80. The smallest absolute Gasteiger partial charge is 0.237 e. The molecule has 3 rings (SSSR count). The van der Waals surface area contributed by atoms with Gasteiger partial charge >= 0.3 is 0 Å². The zero-order chi connectivity index (χ0) is 21.1. The van der Waals surface area contributed by atoms with Crippen molar-refractivity contribution in [1.29, 1.82) is 0 Å². The lowest BCUT2D eigenvalue weighted by Crippen LogP contribution is -2.44. The van der Waals surface area contributed by atoms with Crippen LogP contribution < -0.4 is 4.72 Å². The molecule has 1 saturated carbocycles. The molecule has 4 nitrogen and oxygen atoms in total. The third kappa shape index (κ3) is 4.77. The van der Waals surface area contributed by atoms with Gasteiger partial charge in [0.05, 0.1) is 10.4 Å². The lowest BCUT2D eigenvalue weighted by Gasteiger charge is -2.17. The Balaban J connectivity index is 1.81. The normalized spacial score (nSPS) is 24.9. The van der Waals surface area contributed by atoms with Gasteiger partial charge in [0, 0.05) is 10.8 Å². The summed E-state index contributed by atoms with van der Waals surface area (Å²) < 4.78 is 28.7. The largest absolute Gasteiger partial charge is 0.298 e. The molecule has 154 valence electrons. The SMILES string of the molecule is CC/C(=C\C=C(/C)S(=O)(=O)NC1(C(C)=O)CC1C1=CCC=CC=C1)c1cccs1. The van der Waals surface area contributed by atoms with E-state index in [1.54, 1.807) is 24.3 Å². The highest BCUT2D eigenvalue weighted by atomic mass is 32.2. The van der Waals surface area contributed by atoms with E-state index in [1.165, 1.54) is 6.92 Å². The number of Topliss-reactive ketones (excluding diaryl/α,β-unsaturated/α-hetero) is 1. The molecule has 0 bridgehead atoms. The van der Waals surface area contributed by atoms with Crippen LogP contribution in [0.5, 0.6) is 0 Å². The van der Waals surface area contributed by atoms with E-state index in [2.05, 4.69) is 10.8 Å². The molecular weight excluding hydrogens is 402 g/mol. The van der Waals surface area contributed by atoms with Gasteiger partial charge < -0.3 is 0 Å². The summed E-state index contributed by atoms with van der Waals surface area (Å²) in [6, 6.07) is 4.01. The Morgan fingerprint density at radius 3 is 2.76 bits per heavy atom. The van der Waals surface area contributed by atoms with Crippen molar-refractivity contribution in [2.24, 2.45) is 5.92 Å². The molecule has 0 amide bonds. The first kappa shape index (κ1) is 21.7. The van der Waals surface area contributed by atoms with Crippen molar-refractivity contribution >= 4 is 32.7 Å². The van der Waals surface area contributed by atoms with Crippen LogP contribution in [0.3, 0.4) is 0 Å². The molecule has 0 aliphatic heterocycles. The predicted molar refractivity (Wildman–Crippen MR) is 121 cm³/mol. The monoisotopic (exact) mass is 429 g/mol. The summed E-state index contributed by atoms with van der Waals surface area (Å²) in [5.74, 6) is -0.264. The average Bonchev–Trinajstić information content (AvgIpc) is 3.26. The molecule has 1 heterocycles. The number of ketones is 1. The summed E-state index contributed by atoms with van der Waals surface area (Å²) in [4.78, 5) is 13.7. The van der Waals surface area contributed by atoms with Crippen LogP contribution in [0, 0.1) is 5.92 Å². The van der Waals surface area contributed by atoms with Gasteiger partial charge in [0.15, 0.2) is 5.78 Å². The maximum atomic E-state index is 13.0. The molecule has 1 aromatic heterocycles. The Labute approximate surface area is 177 Å². The molecule has 0 radical (unpaired) electrons. The van der Waals surface area contributed by atoms with Crippen molar-refractivity contribution in [2.75, 3.05) is 0 Å². The summed E-state index contributed by atoms with van der Waals surface area (Å²) in [7, 11) is -3.77. The number of nitrogens with one attached hydrogen (secondary N) is 1. The second-order valence-corrected chi connectivity index (χ2v) is 10.2. The summed E-state index contributed by atoms with van der Waals surface area (Å²) in [6.45, 7) is 5.08. The molecule has 29 heavy (non-hydrogen) atoms. The molecular formula is C23H27NO3S2. The number of carbonyl (C=O) groups is 1. The van der Waals surface area contributed by atoms with Gasteiger partial charge in [-0.15, -0.1) is 11.3 Å². The molecule has 2 aliphatic rings. The molecule has 1 fully saturated rings. The van der Waals surface area contributed by atoms with Crippen LogP contribution in [0.4, 0.5) is 0 Å². The molecule has 1 N–H and O–H groups in total. The van der Waals surface area contributed by atoms with E-state index in [1.807, 2.05) is 54.8 Å². The summed E-state index contributed by atoms with van der Waals surface area (Å²) in [5.41, 5.74) is 1.06. The molecule has 2 atom stereocenters. The summed E-state index contributed by atoms with van der Waals surface area (Å²) >= 11 is 1.63. The third-order valence-electron chi connectivity index (χ3n) is 5.50. The van der Waals surface area contributed by atoms with Crippen LogP contribution in [0.2, 0.25) is 0 Å². The quantitative estimate of drug-likeness (QED) is 0.581. The Morgan fingerprint density at radius 1 is 1.31 bits per heavy atom. The second kappa shape index (κ2) is 8.78. The van der Waals surface area contributed by atoms with E-state index < -0.39 is 15.6 Å². The number of hydrogen-bond acceptors (Lipinski definition) is 4. The van der Waals surface area contributed by atoms with Gasteiger partial charge in [0.1, 0.15) is 0 Å². The molecule has 6 heteroatoms. The zero-order valence-electron chi connectivity index (χ0n) is 17.0. The van der Waals surface area contributed by atoms with Crippen LogP contribution >= 0.6 is 11.3 Å². The van der Waals surface area contributed by atoms with Gasteiger partial charge in [-0.25, -0.2) is 8.42 Å². The van der Waals surface area contributed by atoms with Crippen LogP contribution in [-0.2, 0) is 14.8 Å². The van der Waals surface area contributed by atoms with Crippen LogP contribution in [-0.4, -0.2) is 19.7 Å². The maximum Gasteiger partial charge on any atom is 0.237 e. The fraction of sp³-hybridized carbons (Fsp3) is 0.348. The van der Waals surface area contributed by atoms with Crippen molar-refractivity contribution in [2.45, 2.75) is 45.6 Å². The summed E-state index contributed by atoms with van der Waals surface area (Å²) in [5, 5.41) is 2.00. The molecule has 2 aliphatic carbocycles. The minimum atomic E-state index is -3.77. The number of sulfonamides is 1. The van der Waals surface area contributed by atoms with Crippen molar-refractivity contribution in [3.05, 3.63) is 75.4 Å². The first-order chi connectivity index (χ1) is 13.8. The molecule has 0 saturated heterocycles. The van der Waals surface area contributed by atoms with Crippen LogP contribution in [0.15, 0.2) is 70.5 Å². The minimum absolute atomic E-state index is 0.119. The number of rotatable bonds is 8. The van der Waals surface area contributed by atoms with Gasteiger partial charge in [0.2, 0.25) is 10.0 Å². The molecule has 0 spiro atoms. The lowest BCUT2D eigenvalue weighted by molar-refractivity contribution is -0.119. The number of thiophene rings is 1. The Morgan fingerprint density at radius 2 is 2.10 bits per heavy atom. The predicted octanol–water partition coefficient (Wildman–Crippen LogP) is 5.15. The van der Waals surface area contributed by atoms with Gasteiger partial charge in [-0.05, 0) is 61.8 Å². The number of allylic oxidation sites excluding steroid dienone is 9. The highest BCUT2D eigenvalue weighted by Crippen LogP contribution is 2.50. The van der Waals surface area contributed by atoms with E-state index in [4.69, 9.17) is 0 Å². The van der Waals surface area contributed by atoms with E-state index in [9.17, 15) is 13.2 Å². The fourth-order valence-electron chi connectivity index (χ4n) is 3.56. The second-order valence-electron chi connectivity index (χ2n) is 7.42. The Bertz CT molecular complexity index is 1020. The van der Waals surface area contributed by atoms with Crippen molar-refractivity contribution in [3.63, 3.8) is 0 Å². The van der Waals surface area contributed by atoms with Gasteiger partial charge in [-0.3, -0.25) is 4.79 Å². The van der Waals surface area contributed by atoms with Crippen molar-refractivity contribution in [1.82, 2.24) is 4.72 Å². The van der Waals surface area contributed by atoms with E-state index >= 15 is 0 Å². The fourth-order valence-corrected chi connectivity index (χ4v) is 5.64. The highest BCUT2D eigenvalue weighted by molar-refractivity contribution is 7.93. The van der Waals surface area contributed by atoms with Crippen LogP contribution in [0.25, 0.3) is 5.57 Å². The lowest BCUT2D eigenvalue weighted by atomic mass is 10.0. The minimum Gasteiger partial charge on any atom is -0.298 e. The average molecular weight is 430 g/mol.